The molecule has 3 aromatic rings. The summed E-state index contributed by atoms with van der Waals surface area (Å²) in [6.07, 6.45) is 1.18. The van der Waals surface area contributed by atoms with Gasteiger partial charge in [0.2, 0.25) is 17.0 Å². The van der Waals surface area contributed by atoms with E-state index in [0.29, 0.717) is 21.1 Å². The van der Waals surface area contributed by atoms with Gasteiger partial charge in [-0.1, -0.05) is 0 Å². The molecule has 0 atom stereocenters. The largest absolute Gasteiger partial charge is 0.288 e. The van der Waals surface area contributed by atoms with Crippen LogP contribution in [0.2, 0.25) is 0 Å². The van der Waals surface area contributed by atoms with Crippen LogP contribution in [0.4, 0.5) is 0 Å². The number of hydrogen-bond acceptors (Lipinski definition) is 4. The molecule has 0 N–H and O–H groups in total. The van der Waals surface area contributed by atoms with Crippen molar-refractivity contribution in [2.45, 2.75) is 6.92 Å². The molecule has 0 saturated carbocycles. The number of aromatic nitrogens is 2. The molecule has 5 nitrogen and oxygen atoms in total. The number of halogens is 2. The fourth-order valence-electron chi connectivity index (χ4n) is 2.86. The number of benzene rings is 1. The lowest BCUT2D eigenvalue weighted by Gasteiger charge is -2.14. The van der Waals surface area contributed by atoms with E-state index >= 15 is 0 Å². The van der Waals surface area contributed by atoms with Crippen molar-refractivity contribution < 1.29 is 9.59 Å². The Morgan fingerprint density at radius 2 is 1.86 bits per heavy atom. The molecule has 1 aromatic carbocycles. The summed E-state index contributed by atoms with van der Waals surface area (Å²) >= 11 is 6.40. The van der Waals surface area contributed by atoms with Crippen molar-refractivity contribution in [2.75, 3.05) is 0 Å². The van der Waals surface area contributed by atoms with E-state index in [2.05, 4.69) is 37.0 Å². The Kier molecular flexibility index (Phi) is 2.71. The topological polar surface area (TPSA) is 68.5 Å². The van der Waals surface area contributed by atoms with E-state index in [1.165, 1.54) is 10.6 Å². The summed E-state index contributed by atoms with van der Waals surface area (Å²) in [5.41, 5.74) is 0.690. The van der Waals surface area contributed by atoms with Crippen molar-refractivity contribution in [3.8, 4) is 0 Å². The van der Waals surface area contributed by atoms with Gasteiger partial charge in [0.05, 0.1) is 21.1 Å². The highest BCUT2D eigenvalue weighted by molar-refractivity contribution is 9.12. The van der Waals surface area contributed by atoms with E-state index in [-0.39, 0.29) is 15.7 Å². The van der Waals surface area contributed by atoms with Crippen LogP contribution in [0.5, 0.6) is 0 Å². The van der Waals surface area contributed by atoms with Crippen LogP contribution in [0.3, 0.4) is 0 Å². The Bertz CT molecular complexity index is 1110. The lowest BCUT2D eigenvalue weighted by atomic mass is 9.96. The lowest BCUT2D eigenvalue weighted by molar-refractivity contribution is 0.0985. The van der Waals surface area contributed by atoms with Gasteiger partial charge in [-0.25, -0.2) is 4.52 Å². The lowest BCUT2D eigenvalue weighted by Crippen LogP contribution is -2.28. The second-order valence-corrected chi connectivity index (χ2v) is 6.76. The average molecular weight is 422 g/mol. The third-order valence-corrected chi connectivity index (χ3v) is 5.07. The molecule has 0 amide bonds. The predicted octanol–water partition coefficient (Wildman–Crippen LogP) is 3.01. The molecule has 1 aliphatic carbocycles. The highest BCUT2D eigenvalue weighted by atomic mass is 79.9. The molecule has 4 rings (SSSR count). The van der Waals surface area contributed by atoms with Crippen LogP contribution >= 0.6 is 31.9 Å². The standard InChI is InChI=1S/C15H6Br2N2O3/c1-5-6-2-3-7(16)10-12(6)19(18-5)13-9(20)4-8(17)14(21)11(13)15(10)22/h2-4H,1H3. The molecule has 1 aliphatic rings. The van der Waals surface area contributed by atoms with Gasteiger partial charge >= 0.3 is 0 Å². The molecule has 0 fully saturated rings. The predicted molar refractivity (Wildman–Crippen MR) is 88.3 cm³/mol. The van der Waals surface area contributed by atoms with Crippen molar-refractivity contribution in [3.05, 3.63) is 54.3 Å². The molecule has 0 bridgehead atoms. The Hall–Kier alpha value is -1.86. The third-order valence-electron chi connectivity index (χ3n) is 3.82. The molecular formula is C15H6Br2N2O3. The molecule has 7 heteroatoms. The van der Waals surface area contributed by atoms with Gasteiger partial charge in [-0.15, -0.1) is 0 Å². The quantitative estimate of drug-likeness (QED) is 0.559. The monoisotopic (exact) mass is 420 g/mol. The van der Waals surface area contributed by atoms with Crippen LogP contribution in [-0.2, 0) is 0 Å². The minimum Gasteiger partial charge on any atom is -0.288 e. The van der Waals surface area contributed by atoms with Crippen molar-refractivity contribution >= 4 is 59.7 Å². The van der Waals surface area contributed by atoms with E-state index in [4.69, 9.17) is 0 Å². The fourth-order valence-corrected chi connectivity index (χ4v) is 3.76. The van der Waals surface area contributed by atoms with Gasteiger partial charge in [0.15, 0.2) is 0 Å². The highest BCUT2D eigenvalue weighted by Gasteiger charge is 2.32. The minimum absolute atomic E-state index is 0.0295. The maximum atomic E-state index is 12.8. The van der Waals surface area contributed by atoms with E-state index in [1.807, 2.05) is 6.07 Å². The maximum Gasteiger partial charge on any atom is 0.206 e. The fraction of sp³-hybridized carbons (Fsp3) is 0.0667. The first-order valence-corrected chi connectivity index (χ1v) is 7.94. The number of Topliss-reactive ketones (excluding diaryl/α,β-unsaturated/α-hetero) is 1. The highest BCUT2D eigenvalue weighted by Crippen LogP contribution is 2.32. The number of hydrogen-bond donors (Lipinski definition) is 0. The molecule has 0 spiro atoms. The minimum atomic E-state index is -0.498. The van der Waals surface area contributed by atoms with Crippen LogP contribution in [0.25, 0.3) is 16.3 Å². The number of aryl methyl sites for hydroxylation is 1. The van der Waals surface area contributed by atoms with Gasteiger partial charge in [-0.05, 0) is 50.9 Å². The number of fused-ring (bicyclic) bond motifs is 2. The molecule has 0 aliphatic heterocycles. The number of carbonyl (C=O) groups is 2. The summed E-state index contributed by atoms with van der Waals surface area (Å²) in [4.78, 5) is 37.5. The zero-order chi connectivity index (χ0) is 15.8. The van der Waals surface area contributed by atoms with E-state index in [0.717, 1.165) is 5.39 Å². The van der Waals surface area contributed by atoms with Crippen molar-refractivity contribution in [1.82, 2.24) is 9.61 Å². The molecule has 22 heavy (non-hydrogen) atoms. The van der Waals surface area contributed by atoms with Crippen LogP contribution in [0.15, 0.2) is 32.0 Å². The van der Waals surface area contributed by atoms with Crippen LogP contribution < -0.4 is 5.43 Å². The summed E-state index contributed by atoms with van der Waals surface area (Å²) in [7, 11) is 0. The van der Waals surface area contributed by atoms with Gasteiger partial charge in [0, 0.05) is 15.9 Å². The summed E-state index contributed by atoms with van der Waals surface area (Å²) < 4.78 is 2.07. The second-order valence-electron chi connectivity index (χ2n) is 5.05. The maximum absolute atomic E-state index is 12.8. The molecule has 108 valence electrons. The van der Waals surface area contributed by atoms with Crippen molar-refractivity contribution in [1.29, 1.82) is 0 Å². The Balaban J connectivity index is 2.39. The Morgan fingerprint density at radius 3 is 2.59 bits per heavy atom. The number of pyridine rings is 1. The first-order chi connectivity index (χ1) is 10.4. The smallest absolute Gasteiger partial charge is 0.206 e. The molecule has 0 unspecified atom stereocenters. The first-order valence-electron chi connectivity index (χ1n) is 6.35. The van der Waals surface area contributed by atoms with Gasteiger partial charge in [-0.3, -0.25) is 14.4 Å². The van der Waals surface area contributed by atoms with Gasteiger partial charge in [-0.2, -0.15) is 5.10 Å². The van der Waals surface area contributed by atoms with Gasteiger partial charge in [0.1, 0.15) is 11.3 Å². The second kappa shape index (κ2) is 4.33. The normalized spacial score (nSPS) is 14.8. The molecule has 0 saturated heterocycles. The first kappa shape index (κ1) is 13.8. The Morgan fingerprint density at radius 1 is 1.14 bits per heavy atom. The van der Waals surface area contributed by atoms with Crippen LogP contribution in [-0.4, -0.2) is 21.2 Å². The van der Waals surface area contributed by atoms with E-state index < -0.39 is 17.0 Å². The SMILES string of the molecule is Cc1nn2c3c(c(=O)c4c(Br)ccc1c42)C(=O)C(Br)=CC3=O. The molecule has 2 heterocycles. The van der Waals surface area contributed by atoms with Gasteiger partial charge < -0.3 is 0 Å². The summed E-state index contributed by atoms with van der Waals surface area (Å²) in [5.74, 6) is -0.910. The summed E-state index contributed by atoms with van der Waals surface area (Å²) in [6, 6.07) is 3.58. The number of nitrogens with zero attached hydrogens (tertiary/aromatic N) is 2. The summed E-state index contributed by atoms with van der Waals surface area (Å²) in [6.45, 7) is 1.80. The average Bonchev–Trinajstić information content (AvgIpc) is 2.78. The zero-order valence-electron chi connectivity index (χ0n) is 11.1. The number of carbonyl (C=O) groups excluding carboxylic acids is 2. The molecule has 0 radical (unpaired) electrons. The van der Waals surface area contributed by atoms with Crippen LogP contribution in [0, 0.1) is 6.92 Å². The molecule has 2 aromatic heterocycles. The van der Waals surface area contributed by atoms with E-state index in [1.54, 1.807) is 13.0 Å². The number of ketones is 2. The van der Waals surface area contributed by atoms with E-state index in [9.17, 15) is 14.4 Å². The van der Waals surface area contributed by atoms with Crippen molar-refractivity contribution in [2.24, 2.45) is 0 Å². The summed E-state index contributed by atoms with van der Waals surface area (Å²) in [5, 5.41) is 5.50. The van der Waals surface area contributed by atoms with Crippen LogP contribution in [0.1, 0.15) is 26.5 Å². The third kappa shape index (κ3) is 1.52. The Labute approximate surface area is 140 Å². The van der Waals surface area contributed by atoms with Gasteiger partial charge in [0.25, 0.3) is 0 Å². The zero-order valence-corrected chi connectivity index (χ0v) is 14.3. The van der Waals surface area contributed by atoms with Crippen molar-refractivity contribution in [3.63, 3.8) is 0 Å². The number of allylic oxidation sites excluding steroid dienone is 2. The molecular weight excluding hydrogens is 416 g/mol. The number of rotatable bonds is 0.